The van der Waals surface area contributed by atoms with Gasteiger partial charge in [0, 0.05) is 4.88 Å². The maximum Gasteiger partial charge on any atom is 0.341 e. The number of fused-ring (bicyclic) bond motifs is 1. The van der Waals surface area contributed by atoms with Crippen molar-refractivity contribution in [2.24, 2.45) is 5.92 Å². The molecule has 31 heavy (non-hydrogen) atoms. The first-order chi connectivity index (χ1) is 14.8. The maximum absolute atomic E-state index is 12.9. The minimum absolute atomic E-state index is 0.248. The number of urea groups is 1. The zero-order valence-electron chi connectivity index (χ0n) is 18.0. The van der Waals surface area contributed by atoms with Crippen LogP contribution in [0, 0.1) is 5.92 Å². The standard InChI is InChI=1S/C22H29N3O5S/c1-3-30-19(27)17-14-8-7-13(2)11-15(14)31-18(17)23-16(26)12-25-20(28)22(24-21(25)29)9-5-4-6-10-22/h13H,3-12H2,1-2H3,(H,23,26)(H,24,29)/t13-/m0/s1. The number of carbonyl (C=O) groups excluding carboxylic acids is 4. The Kier molecular flexibility index (Phi) is 6.05. The summed E-state index contributed by atoms with van der Waals surface area (Å²) in [6.45, 7) is 3.80. The first-order valence-electron chi connectivity index (χ1n) is 11.1. The minimum Gasteiger partial charge on any atom is -0.462 e. The Morgan fingerprint density at radius 3 is 2.71 bits per heavy atom. The number of imide groups is 1. The van der Waals surface area contributed by atoms with Crippen LogP contribution in [0.25, 0.3) is 0 Å². The van der Waals surface area contributed by atoms with Gasteiger partial charge in [0.15, 0.2) is 0 Å². The topological polar surface area (TPSA) is 105 Å². The van der Waals surface area contributed by atoms with Crippen molar-refractivity contribution >= 4 is 40.2 Å². The predicted octanol–water partition coefficient (Wildman–Crippen LogP) is 3.24. The van der Waals surface area contributed by atoms with Gasteiger partial charge in [0.1, 0.15) is 17.1 Å². The van der Waals surface area contributed by atoms with E-state index in [-0.39, 0.29) is 19.1 Å². The molecule has 0 radical (unpaired) electrons. The number of amides is 4. The molecule has 168 valence electrons. The Bertz CT molecular complexity index is 918. The van der Waals surface area contributed by atoms with Gasteiger partial charge in [0.05, 0.1) is 12.2 Å². The number of thiophene rings is 1. The van der Waals surface area contributed by atoms with Gasteiger partial charge in [-0.3, -0.25) is 14.5 Å². The summed E-state index contributed by atoms with van der Waals surface area (Å²) in [6, 6.07) is -0.521. The zero-order valence-corrected chi connectivity index (χ0v) is 18.9. The molecule has 1 aliphatic heterocycles. The van der Waals surface area contributed by atoms with Gasteiger partial charge in [-0.2, -0.15) is 0 Å². The normalized spacial score (nSPS) is 22.3. The van der Waals surface area contributed by atoms with Crippen LogP contribution in [0.15, 0.2) is 0 Å². The molecule has 0 unspecified atom stereocenters. The van der Waals surface area contributed by atoms with E-state index in [2.05, 4.69) is 17.6 Å². The van der Waals surface area contributed by atoms with E-state index < -0.39 is 23.4 Å². The Hall–Kier alpha value is -2.42. The van der Waals surface area contributed by atoms with Crippen molar-refractivity contribution in [3.05, 3.63) is 16.0 Å². The van der Waals surface area contributed by atoms with E-state index in [1.54, 1.807) is 6.92 Å². The SMILES string of the molecule is CCOC(=O)c1c(NC(=O)CN2C(=O)NC3(CCCCC3)C2=O)sc2c1CC[C@H](C)C2. The fourth-order valence-electron chi connectivity index (χ4n) is 4.88. The third-order valence-corrected chi connectivity index (χ3v) is 7.67. The largest absolute Gasteiger partial charge is 0.462 e. The highest BCUT2D eigenvalue weighted by molar-refractivity contribution is 7.17. The van der Waals surface area contributed by atoms with E-state index in [1.165, 1.54) is 11.3 Å². The molecule has 3 aliphatic rings. The van der Waals surface area contributed by atoms with Crippen molar-refractivity contribution in [3.8, 4) is 0 Å². The highest BCUT2D eigenvalue weighted by atomic mass is 32.1. The van der Waals surface area contributed by atoms with Crippen LogP contribution in [0.3, 0.4) is 0 Å². The van der Waals surface area contributed by atoms with Gasteiger partial charge in [0.25, 0.3) is 5.91 Å². The van der Waals surface area contributed by atoms with Gasteiger partial charge in [-0.15, -0.1) is 11.3 Å². The summed E-state index contributed by atoms with van der Waals surface area (Å²) in [5, 5.41) is 6.05. The maximum atomic E-state index is 12.9. The van der Waals surface area contributed by atoms with Crippen LogP contribution in [0.4, 0.5) is 9.80 Å². The van der Waals surface area contributed by atoms with Gasteiger partial charge in [-0.05, 0) is 50.5 Å². The molecule has 4 amide bonds. The molecule has 1 spiro atoms. The molecule has 2 aliphatic carbocycles. The number of anilines is 1. The molecule has 1 aromatic heterocycles. The van der Waals surface area contributed by atoms with Crippen LogP contribution in [0.1, 0.15) is 73.2 Å². The number of rotatable bonds is 5. The highest BCUT2D eigenvalue weighted by Crippen LogP contribution is 2.40. The first-order valence-corrected chi connectivity index (χ1v) is 11.9. The summed E-state index contributed by atoms with van der Waals surface area (Å²) < 4.78 is 5.23. The van der Waals surface area contributed by atoms with E-state index >= 15 is 0 Å². The van der Waals surface area contributed by atoms with Crippen molar-refractivity contribution in [2.45, 2.75) is 70.8 Å². The molecule has 2 fully saturated rings. The third kappa shape index (κ3) is 4.07. The van der Waals surface area contributed by atoms with Crippen LogP contribution in [-0.4, -0.2) is 47.4 Å². The second kappa shape index (κ2) is 8.61. The van der Waals surface area contributed by atoms with Gasteiger partial charge < -0.3 is 15.4 Å². The Balaban J connectivity index is 1.51. The minimum atomic E-state index is -0.857. The number of esters is 1. The summed E-state index contributed by atoms with van der Waals surface area (Å²) >= 11 is 1.39. The lowest BCUT2D eigenvalue weighted by Crippen LogP contribution is -2.48. The number of nitrogens with zero attached hydrogens (tertiary/aromatic N) is 1. The van der Waals surface area contributed by atoms with Gasteiger partial charge in [-0.1, -0.05) is 26.2 Å². The van der Waals surface area contributed by atoms with E-state index in [4.69, 9.17) is 4.74 Å². The van der Waals surface area contributed by atoms with Crippen molar-refractivity contribution in [2.75, 3.05) is 18.5 Å². The van der Waals surface area contributed by atoms with Crippen molar-refractivity contribution in [1.82, 2.24) is 10.2 Å². The Labute approximate surface area is 185 Å². The smallest absolute Gasteiger partial charge is 0.341 e. The van der Waals surface area contributed by atoms with Crippen LogP contribution < -0.4 is 10.6 Å². The number of ether oxygens (including phenoxy) is 1. The van der Waals surface area contributed by atoms with Crippen molar-refractivity contribution in [1.29, 1.82) is 0 Å². The second-order valence-corrected chi connectivity index (χ2v) is 9.89. The molecule has 4 rings (SSSR count). The molecular formula is C22H29N3O5S. The molecule has 9 heteroatoms. The first kappa shape index (κ1) is 21.8. The lowest BCUT2D eigenvalue weighted by atomic mass is 9.82. The van der Waals surface area contributed by atoms with Crippen LogP contribution in [0.5, 0.6) is 0 Å². The van der Waals surface area contributed by atoms with Gasteiger partial charge in [-0.25, -0.2) is 9.59 Å². The van der Waals surface area contributed by atoms with E-state index in [1.807, 2.05) is 0 Å². The molecule has 0 bridgehead atoms. The zero-order chi connectivity index (χ0) is 22.2. The van der Waals surface area contributed by atoms with Crippen LogP contribution >= 0.6 is 11.3 Å². The van der Waals surface area contributed by atoms with E-state index in [0.29, 0.717) is 29.3 Å². The third-order valence-electron chi connectivity index (χ3n) is 6.50. The molecule has 0 aromatic carbocycles. The summed E-state index contributed by atoms with van der Waals surface area (Å²) in [6.07, 6.45) is 6.64. The summed E-state index contributed by atoms with van der Waals surface area (Å²) in [5.41, 5.74) is 0.514. The number of nitrogens with one attached hydrogen (secondary N) is 2. The lowest BCUT2D eigenvalue weighted by Gasteiger charge is -2.30. The predicted molar refractivity (Wildman–Crippen MR) is 116 cm³/mol. The highest BCUT2D eigenvalue weighted by Gasteiger charge is 2.51. The van der Waals surface area contributed by atoms with Crippen molar-refractivity contribution < 1.29 is 23.9 Å². The summed E-state index contributed by atoms with van der Waals surface area (Å²) in [5.74, 6) is -0.742. The molecule has 8 nitrogen and oxygen atoms in total. The fourth-order valence-corrected chi connectivity index (χ4v) is 6.30. The fraction of sp³-hybridized carbons (Fsp3) is 0.636. The average molecular weight is 448 g/mol. The Morgan fingerprint density at radius 1 is 1.26 bits per heavy atom. The molecule has 1 saturated heterocycles. The molecule has 1 saturated carbocycles. The average Bonchev–Trinajstić information content (AvgIpc) is 3.18. The monoisotopic (exact) mass is 447 g/mol. The number of hydrogen-bond acceptors (Lipinski definition) is 6. The summed E-state index contributed by atoms with van der Waals surface area (Å²) in [4.78, 5) is 52.9. The molecule has 1 aromatic rings. The molecule has 1 atom stereocenters. The number of carbonyl (C=O) groups is 4. The lowest BCUT2D eigenvalue weighted by molar-refractivity contribution is -0.134. The van der Waals surface area contributed by atoms with Crippen molar-refractivity contribution in [3.63, 3.8) is 0 Å². The van der Waals surface area contributed by atoms with Crippen LogP contribution in [-0.2, 0) is 27.2 Å². The molecular weight excluding hydrogens is 418 g/mol. The van der Waals surface area contributed by atoms with E-state index in [9.17, 15) is 19.2 Å². The van der Waals surface area contributed by atoms with E-state index in [0.717, 1.165) is 53.9 Å². The van der Waals surface area contributed by atoms with Crippen LogP contribution in [0.2, 0.25) is 0 Å². The second-order valence-electron chi connectivity index (χ2n) is 8.79. The van der Waals surface area contributed by atoms with Gasteiger partial charge in [0.2, 0.25) is 5.91 Å². The number of hydrogen-bond donors (Lipinski definition) is 2. The summed E-state index contributed by atoms with van der Waals surface area (Å²) in [7, 11) is 0. The quantitative estimate of drug-likeness (QED) is 0.533. The Morgan fingerprint density at radius 2 is 2.00 bits per heavy atom. The molecule has 2 N–H and O–H groups in total. The molecule has 2 heterocycles. The van der Waals surface area contributed by atoms with Gasteiger partial charge >= 0.3 is 12.0 Å².